The average Bonchev–Trinajstić information content (AvgIpc) is 3.27. The monoisotopic (exact) mass is 378 g/mol. The Hall–Kier alpha value is -3.15. The largest absolute Gasteiger partial charge is 0.444 e. The molecule has 0 radical (unpaired) electrons. The van der Waals surface area contributed by atoms with Crippen LogP contribution in [0.2, 0.25) is 0 Å². The number of pyridine rings is 1. The van der Waals surface area contributed by atoms with E-state index in [2.05, 4.69) is 9.97 Å². The van der Waals surface area contributed by atoms with Gasteiger partial charge in [-0.3, -0.25) is 10.1 Å². The van der Waals surface area contributed by atoms with Crippen LogP contribution in [0, 0.1) is 10.1 Å². The highest BCUT2D eigenvalue weighted by Gasteiger charge is 2.32. The number of primary amides is 1. The molecule has 2 fully saturated rings. The van der Waals surface area contributed by atoms with E-state index in [0.717, 1.165) is 0 Å². The zero-order valence-corrected chi connectivity index (χ0v) is 14.4. The second kappa shape index (κ2) is 6.87. The predicted molar refractivity (Wildman–Crippen MR) is 92.8 cm³/mol. The molecule has 0 bridgehead atoms. The van der Waals surface area contributed by atoms with Gasteiger partial charge in [0.15, 0.2) is 5.58 Å². The second-order valence-corrected chi connectivity index (χ2v) is 6.30. The molecule has 1 amide bonds. The molecule has 2 aliphatic heterocycles. The van der Waals surface area contributed by atoms with E-state index in [1.807, 2.05) is 4.90 Å². The molecule has 4 rings (SSSR count). The van der Waals surface area contributed by atoms with E-state index in [0.29, 0.717) is 45.3 Å². The van der Waals surface area contributed by atoms with Crippen molar-refractivity contribution in [3.63, 3.8) is 0 Å². The number of nitrogens with zero attached hydrogens (tertiary/aromatic N) is 5. The Bertz CT molecular complexity index is 879. The smallest absolute Gasteiger partial charge is 0.404 e. The van der Waals surface area contributed by atoms with Crippen molar-refractivity contribution in [2.24, 2.45) is 5.73 Å². The van der Waals surface area contributed by atoms with Crippen molar-refractivity contribution in [2.75, 3.05) is 49.2 Å². The van der Waals surface area contributed by atoms with E-state index in [4.69, 9.17) is 19.6 Å². The quantitative estimate of drug-likeness (QED) is 0.593. The molecule has 0 saturated carbocycles. The number of nitrogens with two attached hydrogens (primary N) is 1. The lowest BCUT2D eigenvalue weighted by Gasteiger charge is -2.24. The van der Waals surface area contributed by atoms with Crippen molar-refractivity contribution < 1.29 is 23.6 Å². The average molecular weight is 378 g/mol. The van der Waals surface area contributed by atoms with Crippen molar-refractivity contribution >= 4 is 34.8 Å². The summed E-state index contributed by atoms with van der Waals surface area (Å²) in [4.78, 5) is 34.3. The standard InChI is InChI=1S/C15H18N6O6/c16-14(22)26-9-1-2-20(8-9)13-10(21(23)24)7-11-12(17-13)18-15(27-11)19-3-5-25-6-4-19/h7,9H,1-6,8H2,(H2,16,22)/t9-/m1/s1. The molecule has 2 saturated heterocycles. The van der Waals surface area contributed by atoms with E-state index >= 15 is 0 Å². The van der Waals surface area contributed by atoms with Gasteiger partial charge in [0.1, 0.15) is 6.10 Å². The Kier molecular flexibility index (Phi) is 4.39. The highest BCUT2D eigenvalue weighted by Crippen LogP contribution is 2.34. The summed E-state index contributed by atoms with van der Waals surface area (Å²) in [7, 11) is 0. The van der Waals surface area contributed by atoms with Gasteiger partial charge >= 0.3 is 11.8 Å². The molecule has 2 aromatic rings. The molecule has 144 valence electrons. The SMILES string of the molecule is NC(=O)O[C@@H]1CCN(c2nc3nc(N4CCOCC4)oc3cc2[N+](=O)[O-])C1. The van der Waals surface area contributed by atoms with Gasteiger partial charge in [0.05, 0.1) is 30.7 Å². The molecule has 4 heterocycles. The normalized spacial score (nSPS) is 20.2. The van der Waals surface area contributed by atoms with Crippen molar-refractivity contribution in [3.05, 3.63) is 16.2 Å². The van der Waals surface area contributed by atoms with Gasteiger partial charge in [0, 0.05) is 26.1 Å². The van der Waals surface area contributed by atoms with Gasteiger partial charge in [-0.05, 0) is 0 Å². The predicted octanol–water partition coefficient (Wildman–Crippen LogP) is 0.642. The molecule has 27 heavy (non-hydrogen) atoms. The van der Waals surface area contributed by atoms with Crippen LogP contribution in [-0.4, -0.2) is 66.5 Å². The number of hydrogen-bond acceptors (Lipinski definition) is 10. The summed E-state index contributed by atoms with van der Waals surface area (Å²) in [5.74, 6) is 0.171. The lowest BCUT2D eigenvalue weighted by Crippen LogP contribution is -2.36. The van der Waals surface area contributed by atoms with E-state index in [1.165, 1.54) is 6.07 Å². The number of anilines is 2. The molecular weight excluding hydrogens is 360 g/mol. The minimum Gasteiger partial charge on any atom is -0.444 e. The number of nitro groups is 1. The maximum Gasteiger partial charge on any atom is 0.404 e. The van der Waals surface area contributed by atoms with Gasteiger partial charge in [0.25, 0.3) is 6.01 Å². The number of rotatable bonds is 4. The molecule has 2 aromatic heterocycles. The highest BCUT2D eigenvalue weighted by atomic mass is 16.6. The topological polar surface area (TPSA) is 150 Å². The summed E-state index contributed by atoms with van der Waals surface area (Å²) in [6.07, 6.45) is -0.787. The number of fused-ring (bicyclic) bond motifs is 1. The van der Waals surface area contributed by atoms with E-state index in [-0.39, 0.29) is 29.3 Å². The van der Waals surface area contributed by atoms with Crippen LogP contribution in [0.15, 0.2) is 10.5 Å². The molecule has 0 aliphatic carbocycles. The van der Waals surface area contributed by atoms with Crippen LogP contribution in [0.5, 0.6) is 0 Å². The van der Waals surface area contributed by atoms with Gasteiger partial charge in [-0.25, -0.2) is 9.78 Å². The van der Waals surface area contributed by atoms with Crippen LogP contribution in [0.1, 0.15) is 6.42 Å². The first-order valence-corrected chi connectivity index (χ1v) is 8.51. The maximum absolute atomic E-state index is 11.5. The van der Waals surface area contributed by atoms with Gasteiger partial charge in [0.2, 0.25) is 11.5 Å². The number of amides is 1. The molecule has 2 aliphatic rings. The Morgan fingerprint density at radius 1 is 1.30 bits per heavy atom. The Morgan fingerprint density at radius 2 is 2.07 bits per heavy atom. The fourth-order valence-corrected chi connectivity index (χ4v) is 3.27. The van der Waals surface area contributed by atoms with Crippen LogP contribution in [-0.2, 0) is 9.47 Å². The first-order chi connectivity index (χ1) is 13.0. The van der Waals surface area contributed by atoms with Crippen LogP contribution in [0.3, 0.4) is 0 Å². The third-order valence-electron chi connectivity index (χ3n) is 4.54. The molecule has 0 unspecified atom stereocenters. The molecular formula is C15H18N6O6. The Balaban J connectivity index is 1.66. The molecule has 2 N–H and O–H groups in total. The van der Waals surface area contributed by atoms with Gasteiger partial charge in [-0.15, -0.1) is 0 Å². The maximum atomic E-state index is 11.5. The number of carbonyl (C=O) groups excluding carboxylic acids is 1. The molecule has 12 nitrogen and oxygen atoms in total. The first kappa shape index (κ1) is 17.3. The third-order valence-corrected chi connectivity index (χ3v) is 4.54. The summed E-state index contributed by atoms with van der Waals surface area (Å²) in [6, 6.07) is 1.69. The Morgan fingerprint density at radius 3 is 2.78 bits per heavy atom. The second-order valence-electron chi connectivity index (χ2n) is 6.30. The number of aromatic nitrogens is 2. The van der Waals surface area contributed by atoms with Crippen LogP contribution in [0.25, 0.3) is 11.2 Å². The summed E-state index contributed by atoms with van der Waals surface area (Å²) >= 11 is 0. The van der Waals surface area contributed by atoms with Crippen molar-refractivity contribution in [2.45, 2.75) is 12.5 Å². The van der Waals surface area contributed by atoms with Gasteiger partial charge < -0.3 is 29.4 Å². The lowest BCUT2D eigenvalue weighted by molar-refractivity contribution is -0.384. The van der Waals surface area contributed by atoms with E-state index in [1.54, 1.807) is 4.90 Å². The van der Waals surface area contributed by atoms with E-state index < -0.39 is 17.1 Å². The third kappa shape index (κ3) is 3.43. The number of carbonyl (C=O) groups is 1. The fraction of sp³-hybridized carbons (Fsp3) is 0.533. The van der Waals surface area contributed by atoms with Crippen molar-refractivity contribution in [1.29, 1.82) is 0 Å². The number of hydrogen-bond donors (Lipinski definition) is 1. The summed E-state index contributed by atoms with van der Waals surface area (Å²) in [5.41, 5.74) is 5.39. The number of ether oxygens (including phenoxy) is 2. The van der Waals surface area contributed by atoms with E-state index in [9.17, 15) is 14.9 Å². The lowest BCUT2D eigenvalue weighted by atomic mass is 10.3. The first-order valence-electron chi connectivity index (χ1n) is 8.51. The molecule has 0 aromatic carbocycles. The zero-order chi connectivity index (χ0) is 19.0. The van der Waals surface area contributed by atoms with Crippen molar-refractivity contribution in [1.82, 2.24) is 9.97 Å². The minimum absolute atomic E-state index is 0.171. The zero-order valence-electron chi connectivity index (χ0n) is 14.4. The number of morpholine rings is 1. The van der Waals surface area contributed by atoms with Crippen LogP contribution < -0.4 is 15.5 Å². The minimum atomic E-state index is -0.869. The summed E-state index contributed by atoms with van der Waals surface area (Å²) < 4.78 is 16.0. The fourth-order valence-electron chi connectivity index (χ4n) is 3.27. The molecule has 0 spiro atoms. The summed E-state index contributed by atoms with van der Waals surface area (Å²) in [6.45, 7) is 3.10. The van der Waals surface area contributed by atoms with Crippen molar-refractivity contribution in [3.8, 4) is 0 Å². The summed E-state index contributed by atoms with van der Waals surface area (Å²) in [5, 5.41) is 11.5. The van der Waals surface area contributed by atoms with Gasteiger partial charge in [-0.2, -0.15) is 4.98 Å². The Labute approximate surface area is 153 Å². The van der Waals surface area contributed by atoms with Crippen LogP contribution >= 0.6 is 0 Å². The number of oxazole rings is 1. The van der Waals surface area contributed by atoms with Gasteiger partial charge in [-0.1, -0.05) is 0 Å². The molecule has 12 heteroatoms. The highest BCUT2D eigenvalue weighted by molar-refractivity contribution is 5.79. The molecule has 1 atom stereocenters. The van der Waals surface area contributed by atoms with Crippen LogP contribution in [0.4, 0.5) is 22.3 Å².